The molecule has 0 aliphatic carbocycles. The molecule has 3 aromatic rings. The molecule has 5 heteroatoms. The Kier molecular flexibility index (Phi) is 4.49. The highest BCUT2D eigenvalue weighted by Crippen LogP contribution is 2.30. The van der Waals surface area contributed by atoms with E-state index in [4.69, 9.17) is 9.47 Å². The summed E-state index contributed by atoms with van der Waals surface area (Å²) >= 11 is 0. The van der Waals surface area contributed by atoms with Crippen molar-refractivity contribution in [2.24, 2.45) is 0 Å². The molecule has 0 saturated heterocycles. The third-order valence-electron chi connectivity index (χ3n) is 3.65. The molecule has 2 aromatic heterocycles. The fourth-order valence-corrected chi connectivity index (χ4v) is 2.54. The summed E-state index contributed by atoms with van der Waals surface area (Å²) in [5.74, 6) is 0.643. The highest BCUT2D eigenvalue weighted by atomic mass is 16.6. The Morgan fingerprint density at radius 3 is 2.56 bits per heavy atom. The molecule has 25 heavy (non-hydrogen) atoms. The average molecular weight is 338 g/mol. The van der Waals surface area contributed by atoms with Crippen LogP contribution in [-0.2, 0) is 11.3 Å². The predicted octanol–water partition coefficient (Wildman–Crippen LogP) is 4.71. The van der Waals surface area contributed by atoms with Crippen LogP contribution >= 0.6 is 0 Å². The molecule has 130 valence electrons. The van der Waals surface area contributed by atoms with Gasteiger partial charge in [-0.1, -0.05) is 30.3 Å². The van der Waals surface area contributed by atoms with Crippen molar-refractivity contribution in [1.29, 1.82) is 0 Å². The summed E-state index contributed by atoms with van der Waals surface area (Å²) in [5, 5.41) is 0. The molecule has 5 nitrogen and oxygen atoms in total. The smallest absolute Gasteiger partial charge is 0.419 e. The summed E-state index contributed by atoms with van der Waals surface area (Å²) < 4.78 is 13.0. The SMILES string of the molecule is Cc1cnc2ccn(C(=O)OC(C)(C)C)c2c1OCc1ccccc1. The van der Waals surface area contributed by atoms with E-state index in [1.165, 1.54) is 4.57 Å². The monoisotopic (exact) mass is 338 g/mol. The number of nitrogens with zero attached hydrogens (tertiary/aromatic N) is 2. The Hall–Kier alpha value is -2.82. The minimum absolute atomic E-state index is 0.417. The number of hydrogen-bond acceptors (Lipinski definition) is 4. The Labute approximate surface area is 147 Å². The predicted molar refractivity (Wildman–Crippen MR) is 96.9 cm³/mol. The molecule has 0 amide bonds. The van der Waals surface area contributed by atoms with Gasteiger partial charge in [0, 0.05) is 18.0 Å². The molecule has 0 aliphatic heterocycles. The van der Waals surface area contributed by atoms with Crippen LogP contribution in [0.3, 0.4) is 0 Å². The number of benzene rings is 1. The van der Waals surface area contributed by atoms with Crippen LogP contribution in [-0.4, -0.2) is 21.2 Å². The Balaban J connectivity index is 1.98. The van der Waals surface area contributed by atoms with Gasteiger partial charge in [-0.3, -0.25) is 4.98 Å². The van der Waals surface area contributed by atoms with Gasteiger partial charge >= 0.3 is 6.09 Å². The zero-order valence-electron chi connectivity index (χ0n) is 14.9. The van der Waals surface area contributed by atoms with Crippen LogP contribution < -0.4 is 4.74 Å². The molecule has 0 saturated carbocycles. The van der Waals surface area contributed by atoms with Crippen LogP contribution in [0.1, 0.15) is 31.9 Å². The number of aromatic nitrogens is 2. The Morgan fingerprint density at radius 1 is 1.16 bits per heavy atom. The maximum atomic E-state index is 12.5. The van der Waals surface area contributed by atoms with Crippen molar-refractivity contribution in [1.82, 2.24) is 9.55 Å². The van der Waals surface area contributed by atoms with E-state index in [1.54, 1.807) is 18.5 Å². The lowest BCUT2D eigenvalue weighted by molar-refractivity contribution is 0.0543. The van der Waals surface area contributed by atoms with E-state index >= 15 is 0 Å². The molecule has 0 N–H and O–H groups in total. The number of rotatable bonds is 3. The molecular weight excluding hydrogens is 316 g/mol. The molecule has 2 heterocycles. The van der Waals surface area contributed by atoms with E-state index in [-0.39, 0.29) is 0 Å². The number of aryl methyl sites for hydroxylation is 1. The van der Waals surface area contributed by atoms with Crippen LogP contribution in [0.5, 0.6) is 5.75 Å². The maximum Gasteiger partial charge on any atom is 0.419 e. The van der Waals surface area contributed by atoms with E-state index in [9.17, 15) is 4.79 Å². The summed E-state index contributed by atoms with van der Waals surface area (Å²) in [6.07, 6.45) is 2.97. The van der Waals surface area contributed by atoms with E-state index in [1.807, 2.05) is 58.0 Å². The number of carbonyl (C=O) groups excluding carboxylic acids is 1. The zero-order chi connectivity index (χ0) is 18.0. The van der Waals surface area contributed by atoms with Crippen molar-refractivity contribution < 1.29 is 14.3 Å². The van der Waals surface area contributed by atoms with Crippen molar-refractivity contribution in [3.8, 4) is 5.75 Å². The molecule has 0 aliphatic rings. The van der Waals surface area contributed by atoms with Gasteiger partial charge in [0.25, 0.3) is 0 Å². The number of pyridine rings is 1. The van der Waals surface area contributed by atoms with Crippen molar-refractivity contribution >= 4 is 17.1 Å². The van der Waals surface area contributed by atoms with Gasteiger partial charge in [-0.05, 0) is 39.3 Å². The molecule has 0 radical (unpaired) electrons. The Bertz CT molecular complexity index is 892. The first-order chi connectivity index (χ1) is 11.8. The second-order valence-corrected chi connectivity index (χ2v) is 6.94. The lowest BCUT2D eigenvalue weighted by atomic mass is 10.2. The molecule has 0 atom stereocenters. The van der Waals surface area contributed by atoms with Gasteiger partial charge in [0.15, 0.2) is 5.75 Å². The van der Waals surface area contributed by atoms with Gasteiger partial charge in [0.1, 0.15) is 17.7 Å². The lowest BCUT2D eigenvalue weighted by Gasteiger charge is -2.20. The third kappa shape index (κ3) is 3.82. The molecule has 3 rings (SSSR count). The first-order valence-electron chi connectivity index (χ1n) is 8.22. The van der Waals surface area contributed by atoms with Crippen LogP contribution in [0.4, 0.5) is 4.79 Å². The second kappa shape index (κ2) is 6.59. The first-order valence-corrected chi connectivity index (χ1v) is 8.22. The van der Waals surface area contributed by atoms with Crippen molar-refractivity contribution in [2.45, 2.75) is 39.9 Å². The number of carbonyl (C=O) groups is 1. The highest BCUT2D eigenvalue weighted by Gasteiger charge is 2.22. The first kappa shape index (κ1) is 17.0. The lowest BCUT2D eigenvalue weighted by Crippen LogP contribution is -2.26. The molecular formula is C20H22N2O3. The van der Waals surface area contributed by atoms with Gasteiger partial charge in [-0.2, -0.15) is 0 Å². The van der Waals surface area contributed by atoms with Gasteiger partial charge in [0.2, 0.25) is 0 Å². The second-order valence-electron chi connectivity index (χ2n) is 6.94. The maximum absolute atomic E-state index is 12.5. The molecule has 0 bridgehead atoms. The summed E-state index contributed by atoms with van der Waals surface area (Å²) in [5.41, 5.74) is 2.68. The van der Waals surface area contributed by atoms with Crippen LogP contribution in [0.25, 0.3) is 11.0 Å². The number of fused-ring (bicyclic) bond motifs is 1. The number of hydrogen-bond donors (Lipinski definition) is 0. The zero-order valence-corrected chi connectivity index (χ0v) is 14.9. The molecule has 0 spiro atoms. The minimum atomic E-state index is -0.573. The summed E-state index contributed by atoms with van der Waals surface area (Å²) in [4.78, 5) is 16.9. The third-order valence-corrected chi connectivity index (χ3v) is 3.65. The number of ether oxygens (including phenoxy) is 2. The Morgan fingerprint density at radius 2 is 1.88 bits per heavy atom. The quantitative estimate of drug-likeness (QED) is 0.694. The summed E-state index contributed by atoms with van der Waals surface area (Å²) in [7, 11) is 0. The largest absolute Gasteiger partial charge is 0.486 e. The van der Waals surface area contributed by atoms with E-state index in [0.717, 1.165) is 11.1 Å². The van der Waals surface area contributed by atoms with Gasteiger partial charge in [-0.25, -0.2) is 9.36 Å². The normalized spacial score (nSPS) is 11.5. The highest BCUT2D eigenvalue weighted by molar-refractivity contribution is 5.92. The van der Waals surface area contributed by atoms with E-state index in [2.05, 4.69) is 4.98 Å². The van der Waals surface area contributed by atoms with Crippen molar-refractivity contribution in [3.63, 3.8) is 0 Å². The van der Waals surface area contributed by atoms with Crippen LogP contribution in [0.15, 0.2) is 48.8 Å². The van der Waals surface area contributed by atoms with Gasteiger partial charge in [0.05, 0.1) is 5.52 Å². The van der Waals surface area contributed by atoms with Gasteiger partial charge in [-0.15, -0.1) is 0 Å². The van der Waals surface area contributed by atoms with E-state index < -0.39 is 11.7 Å². The standard InChI is InChI=1S/C20H22N2O3/c1-14-12-21-16-10-11-22(19(23)25-20(2,3)4)17(16)18(14)24-13-15-8-6-5-7-9-15/h5-12H,13H2,1-4H3. The minimum Gasteiger partial charge on any atom is -0.486 e. The van der Waals surface area contributed by atoms with Crippen LogP contribution in [0.2, 0.25) is 0 Å². The fourth-order valence-electron chi connectivity index (χ4n) is 2.54. The summed E-state index contributed by atoms with van der Waals surface area (Å²) in [6.45, 7) is 7.85. The topological polar surface area (TPSA) is 53.4 Å². The summed E-state index contributed by atoms with van der Waals surface area (Å²) in [6, 6.07) is 11.7. The van der Waals surface area contributed by atoms with Crippen molar-refractivity contribution in [2.75, 3.05) is 0 Å². The molecule has 0 unspecified atom stereocenters. The van der Waals surface area contributed by atoms with E-state index in [0.29, 0.717) is 23.4 Å². The average Bonchev–Trinajstić information content (AvgIpc) is 2.97. The molecule has 1 aromatic carbocycles. The molecule has 0 fully saturated rings. The fraction of sp³-hybridized carbons (Fsp3) is 0.300. The van der Waals surface area contributed by atoms with Gasteiger partial charge < -0.3 is 9.47 Å². The van der Waals surface area contributed by atoms with Crippen molar-refractivity contribution in [3.05, 3.63) is 59.9 Å². The van der Waals surface area contributed by atoms with Crippen LogP contribution in [0, 0.1) is 6.92 Å².